The minimum atomic E-state index is -0.693. The molecule has 16 heavy (non-hydrogen) atoms. The average molecular weight is 218 g/mol. The van der Waals surface area contributed by atoms with E-state index in [9.17, 15) is 9.90 Å². The number of carbonyl (C=O) groups is 1. The van der Waals surface area contributed by atoms with E-state index < -0.39 is 11.9 Å². The first-order valence-corrected chi connectivity index (χ1v) is 4.69. The van der Waals surface area contributed by atoms with Crippen molar-refractivity contribution in [2.75, 3.05) is 7.11 Å². The van der Waals surface area contributed by atoms with Gasteiger partial charge in [0.1, 0.15) is 5.70 Å². The summed E-state index contributed by atoms with van der Waals surface area (Å²) < 4.78 is 4.38. The highest BCUT2D eigenvalue weighted by Gasteiger charge is 2.03. The minimum absolute atomic E-state index is 0.150. The molecule has 0 aromatic heterocycles. The molecule has 1 aromatic rings. The van der Waals surface area contributed by atoms with Gasteiger partial charge >= 0.3 is 5.97 Å². The number of carbonyl (C=O) groups excluding carboxylic acids is 1. The van der Waals surface area contributed by atoms with Crippen LogP contribution in [0.5, 0.6) is 0 Å². The van der Waals surface area contributed by atoms with Crippen LogP contribution in [0.15, 0.2) is 47.6 Å². The molecule has 0 aliphatic rings. The Kier molecular flexibility index (Phi) is 4.27. The fraction of sp³-hybridized carbons (Fsp3) is 0.167. The molecule has 0 saturated carbocycles. The summed E-state index contributed by atoms with van der Waals surface area (Å²) in [5, 5.41) is 11.4. The van der Waals surface area contributed by atoms with Crippen LogP contribution in [0.25, 0.3) is 0 Å². The highest BCUT2D eigenvalue weighted by molar-refractivity contribution is 5.90. The van der Waals surface area contributed by atoms with Crippen LogP contribution in [0.3, 0.4) is 0 Å². The van der Waals surface area contributed by atoms with Gasteiger partial charge in [-0.15, -0.1) is 0 Å². The first kappa shape index (κ1) is 12.0. The van der Waals surface area contributed by atoms with Crippen LogP contribution in [0.2, 0.25) is 0 Å². The largest absolute Gasteiger partial charge is 0.861 e. The van der Waals surface area contributed by atoms with Crippen molar-refractivity contribution >= 4 is 11.9 Å². The van der Waals surface area contributed by atoms with Gasteiger partial charge in [0.2, 0.25) is 0 Å². The molecule has 0 unspecified atom stereocenters. The van der Waals surface area contributed by atoms with Crippen LogP contribution in [0.4, 0.5) is 0 Å². The lowest BCUT2D eigenvalue weighted by atomic mass is 10.1. The number of hydrogen-bond donors (Lipinski definition) is 0. The number of esters is 1. The first-order chi connectivity index (χ1) is 7.63. The lowest BCUT2D eigenvalue weighted by Crippen LogP contribution is -2.21. The zero-order chi connectivity index (χ0) is 12.0. The van der Waals surface area contributed by atoms with E-state index in [4.69, 9.17) is 0 Å². The Morgan fingerprint density at radius 2 is 2.06 bits per heavy atom. The van der Waals surface area contributed by atoms with Gasteiger partial charge in [0.25, 0.3) is 0 Å². The second kappa shape index (κ2) is 5.70. The summed E-state index contributed by atoms with van der Waals surface area (Å²) in [7, 11) is 1.21. The number of ether oxygens (including phenoxy) is 1. The predicted octanol–water partition coefficient (Wildman–Crippen LogP) is 0.675. The Balaban J connectivity index is 2.65. The van der Waals surface area contributed by atoms with Gasteiger partial charge in [-0.25, -0.2) is 4.79 Å². The van der Waals surface area contributed by atoms with Gasteiger partial charge in [0, 0.05) is 6.42 Å². The lowest BCUT2D eigenvalue weighted by molar-refractivity contribution is -0.218. The second-order valence-electron chi connectivity index (χ2n) is 3.11. The van der Waals surface area contributed by atoms with Crippen LogP contribution in [0, 0.1) is 0 Å². The van der Waals surface area contributed by atoms with Gasteiger partial charge in [-0.3, -0.25) is 4.99 Å². The number of rotatable bonds is 4. The molecular formula is C12H12NO3-. The standard InChI is InChI=1S/C12H13NO3/c1-9(12(15)16-2)13-11(14)8-10-6-4-3-5-7-10/h3-7H,1,8H2,2H3,(H,13,14)/p-1. The first-order valence-electron chi connectivity index (χ1n) is 4.69. The molecule has 4 heteroatoms. The molecular weight excluding hydrogens is 206 g/mol. The minimum Gasteiger partial charge on any atom is -0.861 e. The van der Waals surface area contributed by atoms with Crippen LogP contribution < -0.4 is 5.11 Å². The Labute approximate surface area is 93.9 Å². The summed E-state index contributed by atoms with van der Waals surface area (Å²) >= 11 is 0. The van der Waals surface area contributed by atoms with E-state index in [0.29, 0.717) is 0 Å². The molecule has 0 spiro atoms. The monoisotopic (exact) mass is 218 g/mol. The van der Waals surface area contributed by atoms with Crippen LogP contribution in [-0.4, -0.2) is 19.0 Å². The van der Waals surface area contributed by atoms with Crippen molar-refractivity contribution in [2.24, 2.45) is 4.99 Å². The average Bonchev–Trinajstić information content (AvgIpc) is 2.29. The number of methoxy groups -OCH3 is 1. The van der Waals surface area contributed by atoms with E-state index in [0.717, 1.165) is 5.56 Å². The third-order valence-corrected chi connectivity index (χ3v) is 1.88. The molecule has 1 rings (SSSR count). The van der Waals surface area contributed by atoms with Gasteiger partial charge in [-0.1, -0.05) is 36.9 Å². The van der Waals surface area contributed by atoms with E-state index in [-0.39, 0.29) is 12.1 Å². The van der Waals surface area contributed by atoms with E-state index in [1.807, 2.05) is 30.3 Å². The van der Waals surface area contributed by atoms with Crippen molar-refractivity contribution in [1.82, 2.24) is 0 Å². The molecule has 84 valence electrons. The summed E-state index contributed by atoms with van der Waals surface area (Å²) in [6.07, 6.45) is 0.150. The number of hydrogen-bond acceptors (Lipinski definition) is 4. The van der Waals surface area contributed by atoms with Gasteiger partial charge in [-0.2, -0.15) is 0 Å². The summed E-state index contributed by atoms with van der Waals surface area (Å²) in [4.78, 5) is 14.5. The van der Waals surface area contributed by atoms with Crippen LogP contribution >= 0.6 is 0 Å². The number of nitrogens with zero attached hydrogens (tertiary/aromatic N) is 1. The maximum Gasteiger partial charge on any atom is 0.355 e. The van der Waals surface area contributed by atoms with E-state index in [1.54, 1.807) is 0 Å². The van der Waals surface area contributed by atoms with Gasteiger partial charge < -0.3 is 9.84 Å². The molecule has 1 aromatic carbocycles. The Hall–Kier alpha value is -2.10. The fourth-order valence-electron chi connectivity index (χ4n) is 1.12. The third kappa shape index (κ3) is 3.57. The molecule has 0 N–H and O–H groups in total. The molecule has 0 saturated heterocycles. The smallest absolute Gasteiger partial charge is 0.355 e. The summed E-state index contributed by atoms with van der Waals surface area (Å²) in [6, 6.07) is 9.15. The van der Waals surface area contributed by atoms with Gasteiger partial charge in [-0.05, 0) is 11.5 Å². The summed E-state index contributed by atoms with van der Waals surface area (Å²) in [5.74, 6) is -1.11. The van der Waals surface area contributed by atoms with Gasteiger partial charge in [0.05, 0.1) is 7.11 Å². The Morgan fingerprint density at radius 1 is 1.44 bits per heavy atom. The zero-order valence-corrected chi connectivity index (χ0v) is 8.97. The molecule has 0 radical (unpaired) electrons. The topological polar surface area (TPSA) is 61.7 Å². The van der Waals surface area contributed by atoms with E-state index >= 15 is 0 Å². The lowest BCUT2D eigenvalue weighted by Gasteiger charge is -2.10. The zero-order valence-electron chi connectivity index (χ0n) is 8.97. The molecule has 0 atom stereocenters. The van der Waals surface area contributed by atoms with Crippen molar-refractivity contribution < 1.29 is 14.6 Å². The third-order valence-electron chi connectivity index (χ3n) is 1.88. The molecule has 0 heterocycles. The molecule has 0 amide bonds. The number of aliphatic imine (C=N–C) groups is 1. The number of benzene rings is 1. The predicted molar refractivity (Wildman–Crippen MR) is 58.7 cm³/mol. The van der Waals surface area contributed by atoms with Gasteiger partial charge in [0.15, 0.2) is 0 Å². The van der Waals surface area contributed by atoms with E-state index in [2.05, 4.69) is 16.3 Å². The molecule has 0 aliphatic heterocycles. The second-order valence-corrected chi connectivity index (χ2v) is 3.11. The maximum atomic E-state index is 11.4. The van der Waals surface area contributed by atoms with Crippen molar-refractivity contribution in [2.45, 2.75) is 6.42 Å². The van der Waals surface area contributed by atoms with Crippen LogP contribution in [0.1, 0.15) is 5.56 Å². The summed E-state index contributed by atoms with van der Waals surface area (Å²) in [5.41, 5.74) is 0.664. The fourth-order valence-corrected chi connectivity index (χ4v) is 1.12. The SMILES string of the molecule is C=C(N=C([O-])Cc1ccccc1)C(=O)OC. The van der Waals surface area contributed by atoms with E-state index in [1.165, 1.54) is 7.11 Å². The Bertz CT molecular complexity index is 410. The summed E-state index contributed by atoms with van der Waals surface area (Å²) in [6.45, 7) is 3.35. The maximum absolute atomic E-state index is 11.4. The Morgan fingerprint density at radius 3 is 2.62 bits per heavy atom. The molecule has 0 fully saturated rings. The van der Waals surface area contributed by atoms with Crippen molar-refractivity contribution in [3.63, 3.8) is 0 Å². The highest BCUT2D eigenvalue weighted by atomic mass is 16.5. The highest BCUT2D eigenvalue weighted by Crippen LogP contribution is 2.01. The van der Waals surface area contributed by atoms with Crippen molar-refractivity contribution in [3.05, 3.63) is 48.2 Å². The molecule has 4 nitrogen and oxygen atoms in total. The molecule has 0 bridgehead atoms. The normalized spacial score (nSPS) is 10.9. The molecule has 0 aliphatic carbocycles. The van der Waals surface area contributed by atoms with Crippen molar-refractivity contribution in [1.29, 1.82) is 0 Å². The van der Waals surface area contributed by atoms with Crippen LogP contribution in [-0.2, 0) is 16.0 Å². The quantitative estimate of drug-likeness (QED) is 0.323. The van der Waals surface area contributed by atoms with Crippen molar-refractivity contribution in [3.8, 4) is 0 Å².